The number of carbonyl (C=O) groups excluding carboxylic acids is 1. The second-order valence-electron chi connectivity index (χ2n) is 3.29. The number of methoxy groups -OCH3 is 2. The van der Waals surface area contributed by atoms with Gasteiger partial charge in [0.1, 0.15) is 6.73 Å². The van der Waals surface area contributed by atoms with Gasteiger partial charge in [-0.25, -0.2) is 0 Å². The largest absolute Gasteiger partial charge is 0.380 e. The number of benzene rings is 1. The molecular weight excluding hydrogens is 265 g/mol. The molecule has 0 bridgehead atoms. The molecule has 4 nitrogen and oxygen atoms in total. The van der Waals surface area contributed by atoms with Gasteiger partial charge in [-0.15, -0.1) is 0 Å². The lowest BCUT2D eigenvalue weighted by Crippen LogP contribution is -2.26. The molecule has 0 unspecified atom stereocenters. The van der Waals surface area contributed by atoms with Crippen molar-refractivity contribution in [3.8, 4) is 0 Å². The molecule has 0 aliphatic carbocycles. The SMILES string of the molecule is COCNC(=O)c1cc(Cl)cc(Cl)c1COC. The monoisotopic (exact) mass is 277 g/mol. The molecule has 94 valence electrons. The number of carbonyl (C=O) groups is 1. The van der Waals surface area contributed by atoms with Crippen molar-refractivity contribution >= 4 is 29.1 Å². The predicted molar refractivity (Wildman–Crippen MR) is 66.5 cm³/mol. The first-order chi connectivity index (χ1) is 8.10. The molecule has 0 aliphatic heterocycles. The van der Waals surface area contributed by atoms with Gasteiger partial charge in [0.15, 0.2) is 0 Å². The highest BCUT2D eigenvalue weighted by atomic mass is 35.5. The lowest BCUT2D eigenvalue weighted by molar-refractivity contribution is 0.0867. The van der Waals surface area contributed by atoms with E-state index in [4.69, 9.17) is 32.7 Å². The molecule has 0 aromatic heterocycles. The minimum atomic E-state index is -0.302. The Kier molecular flexibility index (Phi) is 5.71. The number of amides is 1. The fraction of sp³-hybridized carbons (Fsp3) is 0.364. The smallest absolute Gasteiger partial charge is 0.253 e. The third-order valence-corrected chi connectivity index (χ3v) is 2.63. The van der Waals surface area contributed by atoms with Gasteiger partial charge < -0.3 is 14.8 Å². The Bertz CT molecular complexity index is 410. The lowest BCUT2D eigenvalue weighted by Gasteiger charge is -2.11. The van der Waals surface area contributed by atoms with E-state index in [9.17, 15) is 4.79 Å². The molecule has 0 aliphatic rings. The first-order valence-corrected chi connectivity index (χ1v) is 5.59. The van der Waals surface area contributed by atoms with Crippen LogP contribution in [0.4, 0.5) is 0 Å². The standard InChI is InChI=1S/C11H13Cl2NO3/c1-16-5-9-8(11(15)14-6-17-2)3-7(12)4-10(9)13/h3-4H,5-6H2,1-2H3,(H,14,15). The fourth-order valence-corrected chi connectivity index (χ4v) is 1.88. The molecule has 0 saturated heterocycles. The van der Waals surface area contributed by atoms with Crippen molar-refractivity contribution < 1.29 is 14.3 Å². The van der Waals surface area contributed by atoms with Gasteiger partial charge in [0, 0.05) is 35.4 Å². The molecule has 1 N–H and O–H groups in total. The Balaban J connectivity index is 3.06. The highest BCUT2D eigenvalue weighted by Crippen LogP contribution is 2.26. The van der Waals surface area contributed by atoms with Gasteiger partial charge in [0.05, 0.1) is 6.61 Å². The Hall–Kier alpha value is -0.810. The molecule has 1 amide bonds. The van der Waals surface area contributed by atoms with Crippen LogP contribution in [0, 0.1) is 0 Å². The van der Waals surface area contributed by atoms with E-state index in [1.54, 1.807) is 12.1 Å². The maximum absolute atomic E-state index is 11.8. The quantitative estimate of drug-likeness (QED) is 0.842. The number of hydrogen-bond donors (Lipinski definition) is 1. The van der Waals surface area contributed by atoms with Crippen LogP contribution in [0.15, 0.2) is 12.1 Å². The normalized spacial score (nSPS) is 10.4. The Morgan fingerprint density at radius 2 is 2.00 bits per heavy atom. The van der Waals surface area contributed by atoms with Gasteiger partial charge in [0.2, 0.25) is 0 Å². The highest BCUT2D eigenvalue weighted by Gasteiger charge is 2.15. The maximum atomic E-state index is 11.8. The average molecular weight is 278 g/mol. The highest BCUT2D eigenvalue weighted by molar-refractivity contribution is 6.35. The van der Waals surface area contributed by atoms with E-state index >= 15 is 0 Å². The van der Waals surface area contributed by atoms with Gasteiger partial charge in [-0.1, -0.05) is 23.2 Å². The summed E-state index contributed by atoms with van der Waals surface area (Å²) in [7, 11) is 3.02. The van der Waals surface area contributed by atoms with Gasteiger partial charge in [-0.2, -0.15) is 0 Å². The summed E-state index contributed by atoms with van der Waals surface area (Å²) in [5, 5.41) is 3.37. The van der Waals surface area contributed by atoms with Crippen molar-refractivity contribution in [2.75, 3.05) is 21.0 Å². The average Bonchev–Trinajstić information content (AvgIpc) is 2.29. The van der Waals surface area contributed by atoms with Crippen LogP contribution in [0.25, 0.3) is 0 Å². The fourth-order valence-electron chi connectivity index (χ4n) is 1.33. The maximum Gasteiger partial charge on any atom is 0.253 e. The molecule has 0 saturated carbocycles. The number of rotatable bonds is 5. The van der Waals surface area contributed by atoms with Crippen LogP contribution in [-0.2, 0) is 16.1 Å². The van der Waals surface area contributed by atoms with Crippen LogP contribution < -0.4 is 5.32 Å². The van der Waals surface area contributed by atoms with E-state index in [0.29, 0.717) is 21.2 Å². The van der Waals surface area contributed by atoms with Crippen LogP contribution in [0.1, 0.15) is 15.9 Å². The van der Waals surface area contributed by atoms with Crippen LogP contribution in [0.2, 0.25) is 10.0 Å². The van der Waals surface area contributed by atoms with Crippen molar-refractivity contribution in [3.05, 3.63) is 33.3 Å². The predicted octanol–water partition coefficient (Wildman–Crippen LogP) is 2.47. The molecule has 0 fully saturated rings. The topological polar surface area (TPSA) is 47.6 Å². The van der Waals surface area contributed by atoms with Gasteiger partial charge in [-0.05, 0) is 12.1 Å². The lowest BCUT2D eigenvalue weighted by atomic mass is 10.1. The van der Waals surface area contributed by atoms with Crippen LogP contribution in [-0.4, -0.2) is 26.9 Å². The molecule has 0 heterocycles. The van der Waals surface area contributed by atoms with Gasteiger partial charge in [-0.3, -0.25) is 4.79 Å². The van der Waals surface area contributed by atoms with E-state index in [0.717, 1.165) is 0 Å². The zero-order valence-electron chi connectivity index (χ0n) is 9.55. The summed E-state index contributed by atoms with van der Waals surface area (Å²) < 4.78 is 9.77. The van der Waals surface area contributed by atoms with E-state index < -0.39 is 0 Å². The molecule has 0 radical (unpaired) electrons. The zero-order chi connectivity index (χ0) is 12.8. The Morgan fingerprint density at radius 3 is 2.59 bits per heavy atom. The summed E-state index contributed by atoms with van der Waals surface area (Å²) in [5.74, 6) is -0.302. The molecule has 0 atom stereocenters. The summed E-state index contributed by atoms with van der Waals surface area (Å²) in [6, 6.07) is 3.12. The summed E-state index contributed by atoms with van der Waals surface area (Å²) in [6.45, 7) is 0.362. The summed E-state index contributed by atoms with van der Waals surface area (Å²) in [4.78, 5) is 11.8. The number of nitrogens with one attached hydrogen (secondary N) is 1. The molecule has 0 spiro atoms. The molecule has 1 aromatic rings. The summed E-state index contributed by atoms with van der Waals surface area (Å²) in [5.41, 5.74) is 0.994. The van der Waals surface area contributed by atoms with E-state index in [-0.39, 0.29) is 19.2 Å². The Morgan fingerprint density at radius 1 is 1.29 bits per heavy atom. The van der Waals surface area contributed by atoms with Crippen LogP contribution in [0.5, 0.6) is 0 Å². The van der Waals surface area contributed by atoms with Crippen molar-refractivity contribution in [2.24, 2.45) is 0 Å². The minimum absolute atomic E-state index is 0.120. The van der Waals surface area contributed by atoms with E-state index in [1.165, 1.54) is 14.2 Å². The van der Waals surface area contributed by atoms with Crippen molar-refractivity contribution in [3.63, 3.8) is 0 Å². The second-order valence-corrected chi connectivity index (χ2v) is 4.13. The van der Waals surface area contributed by atoms with Gasteiger partial charge >= 0.3 is 0 Å². The Labute approximate surface area is 110 Å². The molecule has 6 heteroatoms. The first-order valence-electron chi connectivity index (χ1n) is 4.84. The van der Waals surface area contributed by atoms with Gasteiger partial charge in [0.25, 0.3) is 5.91 Å². The van der Waals surface area contributed by atoms with Crippen LogP contribution >= 0.6 is 23.2 Å². The van der Waals surface area contributed by atoms with Crippen molar-refractivity contribution in [1.82, 2.24) is 5.32 Å². The number of hydrogen-bond acceptors (Lipinski definition) is 3. The third-order valence-electron chi connectivity index (χ3n) is 2.07. The summed E-state index contributed by atoms with van der Waals surface area (Å²) in [6.07, 6.45) is 0. The molecule has 1 aromatic carbocycles. The number of halogens is 2. The summed E-state index contributed by atoms with van der Waals surface area (Å²) >= 11 is 11.9. The zero-order valence-corrected chi connectivity index (χ0v) is 11.1. The number of ether oxygens (including phenoxy) is 2. The minimum Gasteiger partial charge on any atom is -0.380 e. The van der Waals surface area contributed by atoms with Crippen LogP contribution in [0.3, 0.4) is 0 Å². The van der Waals surface area contributed by atoms with E-state index in [1.807, 2.05) is 0 Å². The molecule has 17 heavy (non-hydrogen) atoms. The van der Waals surface area contributed by atoms with Crippen molar-refractivity contribution in [1.29, 1.82) is 0 Å². The van der Waals surface area contributed by atoms with Crippen molar-refractivity contribution in [2.45, 2.75) is 6.61 Å². The molecular formula is C11H13Cl2NO3. The van der Waals surface area contributed by atoms with E-state index in [2.05, 4.69) is 5.32 Å². The third kappa shape index (κ3) is 3.85. The first kappa shape index (κ1) is 14.3. The second kappa shape index (κ2) is 6.81. The molecule has 1 rings (SSSR count).